The van der Waals surface area contributed by atoms with Crippen molar-refractivity contribution in [1.29, 1.82) is 0 Å². The normalized spacial score (nSPS) is 23.5. The van der Waals surface area contributed by atoms with Crippen LogP contribution >= 0.6 is 11.6 Å². The van der Waals surface area contributed by atoms with Gasteiger partial charge in [0.05, 0.1) is 11.1 Å². The minimum absolute atomic E-state index is 0.0264. The molecule has 0 aromatic heterocycles. The maximum Gasteiger partial charge on any atom is 0.262 e. The van der Waals surface area contributed by atoms with Gasteiger partial charge >= 0.3 is 0 Å². The highest BCUT2D eigenvalue weighted by Gasteiger charge is 2.47. The number of fused-ring (bicyclic) bond motifs is 1. The van der Waals surface area contributed by atoms with E-state index in [1.807, 2.05) is 0 Å². The standard InChI is InChI=1S/C20H25ClFN3O5/c1-12(24-18(26)11-29-13-6-7-15(21)16(22)10-13)8-9-23-20(27)19-14-4-2-3-5-17(14)25(28)30-19/h6-7,10,14,17,19,28H,1-5,8-9,11H2,(H,23,27)(H,24,26). The lowest BCUT2D eigenvalue weighted by atomic mass is 9.82. The molecule has 3 atom stereocenters. The number of benzene rings is 1. The van der Waals surface area contributed by atoms with E-state index in [0.29, 0.717) is 12.1 Å². The quantitative estimate of drug-likeness (QED) is 0.573. The molecule has 2 fully saturated rings. The van der Waals surface area contributed by atoms with Crippen LogP contribution in [0.25, 0.3) is 0 Å². The maximum atomic E-state index is 13.4. The van der Waals surface area contributed by atoms with Crippen molar-refractivity contribution < 1.29 is 28.8 Å². The molecule has 3 rings (SSSR count). The number of nitrogens with one attached hydrogen (secondary N) is 2. The SMILES string of the molecule is C=C(CCNC(=O)C1ON(O)C2CCCCC12)NC(=O)COc1ccc(Cl)c(F)c1. The molecule has 1 aromatic carbocycles. The Bertz CT molecular complexity index is 809. The summed E-state index contributed by atoms with van der Waals surface area (Å²) >= 11 is 5.59. The number of halogens is 2. The third kappa shape index (κ3) is 5.69. The van der Waals surface area contributed by atoms with Crippen molar-refractivity contribution in [3.8, 4) is 5.75 Å². The smallest absolute Gasteiger partial charge is 0.262 e. The van der Waals surface area contributed by atoms with Crippen LogP contribution in [0.2, 0.25) is 5.02 Å². The molecule has 1 aliphatic carbocycles. The number of hydrogen-bond acceptors (Lipinski definition) is 6. The summed E-state index contributed by atoms with van der Waals surface area (Å²) in [5.74, 6) is -1.23. The average Bonchev–Trinajstić information content (AvgIpc) is 3.06. The van der Waals surface area contributed by atoms with E-state index in [2.05, 4.69) is 17.2 Å². The Kier molecular flexibility index (Phi) is 7.65. The lowest BCUT2D eigenvalue weighted by Gasteiger charge is -2.26. The molecule has 3 unspecified atom stereocenters. The third-order valence-electron chi connectivity index (χ3n) is 5.24. The number of rotatable bonds is 8. The largest absolute Gasteiger partial charge is 0.484 e. The van der Waals surface area contributed by atoms with E-state index in [1.165, 1.54) is 12.1 Å². The van der Waals surface area contributed by atoms with Crippen LogP contribution in [0, 0.1) is 11.7 Å². The van der Waals surface area contributed by atoms with Crippen molar-refractivity contribution in [2.24, 2.45) is 5.92 Å². The lowest BCUT2D eigenvalue weighted by Crippen LogP contribution is -2.41. The highest BCUT2D eigenvalue weighted by molar-refractivity contribution is 6.30. The maximum absolute atomic E-state index is 13.4. The van der Waals surface area contributed by atoms with Crippen molar-refractivity contribution >= 4 is 23.4 Å². The topological polar surface area (TPSA) is 100 Å². The van der Waals surface area contributed by atoms with Crippen LogP contribution in [0.1, 0.15) is 32.1 Å². The number of hydrogen-bond donors (Lipinski definition) is 3. The van der Waals surface area contributed by atoms with Gasteiger partial charge < -0.3 is 15.4 Å². The first kappa shape index (κ1) is 22.5. The number of amides is 2. The van der Waals surface area contributed by atoms with Crippen molar-refractivity contribution in [2.45, 2.75) is 44.2 Å². The second-order valence-corrected chi connectivity index (χ2v) is 7.81. The van der Waals surface area contributed by atoms with Crippen molar-refractivity contribution in [3.05, 3.63) is 41.3 Å². The van der Waals surface area contributed by atoms with Gasteiger partial charge in [-0.3, -0.25) is 19.6 Å². The Morgan fingerprint density at radius 1 is 1.37 bits per heavy atom. The molecule has 1 saturated heterocycles. The van der Waals surface area contributed by atoms with Gasteiger partial charge in [-0.25, -0.2) is 4.39 Å². The van der Waals surface area contributed by atoms with Gasteiger partial charge in [0.15, 0.2) is 12.7 Å². The van der Waals surface area contributed by atoms with Crippen molar-refractivity contribution in [1.82, 2.24) is 15.9 Å². The number of carbonyl (C=O) groups excluding carboxylic acids is 2. The van der Waals surface area contributed by atoms with Gasteiger partial charge in [0, 0.05) is 30.6 Å². The summed E-state index contributed by atoms with van der Waals surface area (Å²) in [5.41, 5.74) is 0.401. The van der Waals surface area contributed by atoms with Gasteiger partial charge in [0.25, 0.3) is 11.8 Å². The van der Waals surface area contributed by atoms with Gasteiger partial charge in [0.1, 0.15) is 11.6 Å². The summed E-state index contributed by atoms with van der Waals surface area (Å²) in [4.78, 5) is 29.6. The van der Waals surface area contributed by atoms with Crippen LogP contribution in [0.5, 0.6) is 5.75 Å². The number of hydroxylamine groups is 2. The molecule has 30 heavy (non-hydrogen) atoms. The van der Waals surface area contributed by atoms with Gasteiger partial charge in [-0.1, -0.05) is 36.2 Å². The Balaban J connectivity index is 1.35. The second kappa shape index (κ2) is 10.2. The molecule has 0 bridgehead atoms. The molecular weight excluding hydrogens is 417 g/mol. The molecule has 8 nitrogen and oxygen atoms in total. The molecule has 10 heteroatoms. The molecule has 2 aliphatic rings. The molecule has 1 heterocycles. The van der Waals surface area contributed by atoms with E-state index in [1.54, 1.807) is 0 Å². The van der Waals surface area contributed by atoms with Crippen LogP contribution in [0.3, 0.4) is 0 Å². The monoisotopic (exact) mass is 441 g/mol. The molecular formula is C20H25ClFN3O5. The number of carbonyl (C=O) groups is 2. The lowest BCUT2D eigenvalue weighted by molar-refractivity contribution is -0.338. The number of nitrogens with zero attached hydrogens (tertiary/aromatic N) is 1. The molecule has 3 N–H and O–H groups in total. The zero-order chi connectivity index (χ0) is 21.7. The van der Waals surface area contributed by atoms with Gasteiger partial charge in [0.2, 0.25) is 0 Å². The zero-order valence-corrected chi connectivity index (χ0v) is 17.2. The Hall–Kier alpha value is -2.20. The van der Waals surface area contributed by atoms with E-state index in [4.69, 9.17) is 21.2 Å². The minimum Gasteiger partial charge on any atom is -0.484 e. The van der Waals surface area contributed by atoms with Crippen molar-refractivity contribution in [2.75, 3.05) is 13.2 Å². The molecule has 164 valence electrons. The Labute approximate surface area is 178 Å². The van der Waals surface area contributed by atoms with Gasteiger partial charge in [-0.05, 0) is 25.0 Å². The predicted octanol–water partition coefficient (Wildman–Crippen LogP) is 2.56. The summed E-state index contributed by atoms with van der Waals surface area (Å²) in [7, 11) is 0. The summed E-state index contributed by atoms with van der Waals surface area (Å²) in [6, 6.07) is 3.75. The molecule has 1 saturated carbocycles. The summed E-state index contributed by atoms with van der Waals surface area (Å²) < 4.78 is 18.6. The van der Waals surface area contributed by atoms with E-state index >= 15 is 0 Å². The number of ether oxygens (including phenoxy) is 1. The molecule has 0 radical (unpaired) electrons. The Morgan fingerprint density at radius 2 is 2.13 bits per heavy atom. The first-order valence-electron chi connectivity index (χ1n) is 9.83. The second-order valence-electron chi connectivity index (χ2n) is 7.40. The fourth-order valence-electron chi connectivity index (χ4n) is 3.73. The van der Waals surface area contributed by atoms with E-state index < -0.39 is 17.8 Å². The van der Waals surface area contributed by atoms with E-state index in [0.717, 1.165) is 37.0 Å². The highest BCUT2D eigenvalue weighted by atomic mass is 35.5. The molecule has 0 spiro atoms. The van der Waals surface area contributed by atoms with Crippen LogP contribution in [-0.2, 0) is 14.4 Å². The first-order chi connectivity index (χ1) is 14.3. The summed E-state index contributed by atoms with van der Waals surface area (Å²) in [6.07, 6.45) is 3.26. The Morgan fingerprint density at radius 3 is 2.90 bits per heavy atom. The zero-order valence-electron chi connectivity index (χ0n) is 16.4. The van der Waals surface area contributed by atoms with Gasteiger partial charge in [-0.2, -0.15) is 0 Å². The minimum atomic E-state index is -0.712. The predicted molar refractivity (Wildman–Crippen MR) is 106 cm³/mol. The highest BCUT2D eigenvalue weighted by Crippen LogP contribution is 2.37. The summed E-state index contributed by atoms with van der Waals surface area (Å²) in [5, 5.41) is 16.0. The molecule has 1 aromatic rings. The fourth-order valence-corrected chi connectivity index (χ4v) is 3.85. The third-order valence-corrected chi connectivity index (χ3v) is 5.54. The van der Waals surface area contributed by atoms with E-state index in [9.17, 15) is 19.2 Å². The van der Waals surface area contributed by atoms with Crippen LogP contribution in [0.15, 0.2) is 30.5 Å². The van der Waals surface area contributed by atoms with E-state index in [-0.39, 0.29) is 41.8 Å². The van der Waals surface area contributed by atoms with Crippen LogP contribution in [-0.4, -0.2) is 47.5 Å². The van der Waals surface area contributed by atoms with Gasteiger partial charge in [-0.15, -0.1) is 0 Å². The summed E-state index contributed by atoms with van der Waals surface area (Å²) in [6.45, 7) is 3.68. The fraction of sp³-hybridized carbons (Fsp3) is 0.500. The molecule has 1 aliphatic heterocycles. The van der Waals surface area contributed by atoms with Crippen molar-refractivity contribution in [3.63, 3.8) is 0 Å². The first-order valence-corrected chi connectivity index (χ1v) is 10.2. The molecule has 2 amide bonds. The average molecular weight is 442 g/mol. The van der Waals surface area contributed by atoms with Crippen LogP contribution < -0.4 is 15.4 Å². The van der Waals surface area contributed by atoms with Crippen LogP contribution in [0.4, 0.5) is 4.39 Å².